The van der Waals surface area contributed by atoms with Crippen LogP contribution in [0.15, 0.2) is 36.4 Å². The molecule has 0 aliphatic rings. The average Bonchev–Trinajstić information content (AvgIpc) is 2.51. The molecular formula is C15H10ClF3N2O2. The van der Waals surface area contributed by atoms with Crippen LogP contribution in [0.2, 0.25) is 5.02 Å². The molecule has 2 amide bonds. The highest BCUT2D eigenvalue weighted by Crippen LogP contribution is 2.19. The summed E-state index contributed by atoms with van der Waals surface area (Å²) in [5.74, 6) is -4.68. The van der Waals surface area contributed by atoms with Crippen molar-refractivity contribution in [2.45, 2.75) is 0 Å². The third kappa shape index (κ3) is 4.23. The minimum atomic E-state index is -1.30. The number of halogens is 4. The van der Waals surface area contributed by atoms with Gasteiger partial charge in [0.2, 0.25) is 5.91 Å². The van der Waals surface area contributed by atoms with Crippen molar-refractivity contribution in [3.63, 3.8) is 0 Å². The molecule has 0 bridgehead atoms. The van der Waals surface area contributed by atoms with E-state index in [1.54, 1.807) is 0 Å². The molecule has 0 saturated carbocycles. The third-order valence-corrected chi connectivity index (χ3v) is 3.10. The average molecular weight is 343 g/mol. The van der Waals surface area contributed by atoms with Gasteiger partial charge in [0, 0.05) is 5.69 Å². The molecule has 0 aliphatic heterocycles. The fourth-order valence-electron chi connectivity index (χ4n) is 1.71. The lowest BCUT2D eigenvalue weighted by atomic mass is 10.2. The summed E-state index contributed by atoms with van der Waals surface area (Å²) in [5, 5.41) is 4.35. The molecule has 2 N–H and O–H groups in total. The molecular weight excluding hydrogens is 333 g/mol. The number of carbonyl (C=O) groups excluding carboxylic acids is 2. The molecule has 2 aromatic carbocycles. The minimum Gasteiger partial charge on any atom is -0.343 e. The van der Waals surface area contributed by atoms with Gasteiger partial charge in [0.25, 0.3) is 5.91 Å². The van der Waals surface area contributed by atoms with E-state index in [9.17, 15) is 22.8 Å². The molecule has 0 aliphatic carbocycles. The van der Waals surface area contributed by atoms with E-state index < -0.39 is 41.4 Å². The molecule has 0 atom stereocenters. The lowest BCUT2D eigenvalue weighted by molar-refractivity contribution is -0.115. The normalized spacial score (nSPS) is 10.3. The van der Waals surface area contributed by atoms with Crippen LogP contribution in [0.5, 0.6) is 0 Å². The molecule has 0 spiro atoms. The van der Waals surface area contributed by atoms with Gasteiger partial charge in [0.05, 0.1) is 17.1 Å². The number of hydrogen-bond donors (Lipinski definition) is 2. The second-order valence-corrected chi connectivity index (χ2v) is 4.87. The maximum atomic E-state index is 13.4. The zero-order valence-corrected chi connectivity index (χ0v) is 12.3. The number of amides is 2. The Morgan fingerprint density at radius 1 is 1.04 bits per heavy atom. The van der Waals surface area contributed by atoms with Crippen LogP contribution < -0.4 is 10.6 Å². The molecule has 0 fully saturated rings. The van der Waals surface area contributed by atoms with Crippen LogP contribution in [0, 0.1) is 17.5 Å². The topological polar surface area (TPSA) is 58.2 Å². The number of carbonyl (C=O) groups is 2. The fourth-order valence-corrected chi connectivity index (χ4v) is 1.89. The number of hydrogen-bond acceptors (Lipinski definition) is 2. The predicted octanol–water partition coefficient (Wildman–Crippen LogP) is 3.13. The van der Waals surface area contributed by atoms with E-state index in [-0.39, 0.29) is 10.7 Å². The summed E-state index contributed by atoms with van der Waals surface area (Å²) < 4.78 is 39.4. The first-order chi connectivity index (χ1) is 10.9. The Morgan fingerprint density at radius 3 is 2.48 bits per heavy atom. The van der Waals surface area contributed by atoms with E-state index in [0.29, 0.717) is 0 Å². The van der Waals surface area contributed by atoms with E-state index in [1.807, 2.05) is 0 Å². The van der Waals surface area contributed by atoms with E-state index >= 15 is 0 Å². The molecule has 4 nitrogen and oxygen atoms in total. The zero-order valence-electron chi connectivity index (χ0n) is 11.5. The van der Waals surface area contributed by atoms with Crippen molar-refractivity contribution in [3.05, 3.63) is 64.4 Å². The minimum absolute atomic E-state index is 0.173. The number of anilines is 1. The largest absolute Gasteiger partial charge is 0.343 e. The van der Waals surface area contributed by atoms with Crippen LogP contribution in [0.1, 0.15) is 10.4 Å². The van der Waals surface area contributed by atoms with Crippen LogP contribution >= 0.6 is 11.6 Å². The molecule has 2 rings (SSSR count). The third-order valence-electron chi connectivity index (χ3n) is 2.81. The number of nitrogens with one attached hydrogen (secondary N) is 2. The molecule has 0 heterocycles. The molecule has 0 radical (unpaired) electrons. The van der Waals surface area contributed by atoms with Crippen molar-refractivity contribution in [2.75, 3.05) is 11.9 Å². The predicted molar refractivity (Wildman–Crippen MR) is 78.7 cm³/mol. The standard InChI is InChI=1S/C15H10ClF3N2O2/c16-10-6-8(4-5-11(10)17)21-13(22)7-20-15(23)9-2-1-3-12(18)14(9)19/h1-6H,7H2,(H,20,23)(H,21,22). The molecule has 0 unspecified atom stereocenters. The second kappa shape index (κ2) is 7.15. The Balaban J connectivity index is 1.94. The van der Waals surface area contributed by atoms with E-state index in [2.05, 4.69) is 10.6 Å². The molecule has 23 heavy (non-hydrogen) atoms. The van der Waals surface area contributed by atoms with Crippen molar-refractivity contribution in [2.24, 2.45) is 0 Å². The van der Waals surface area contributed by atoms with Crippen LogP contribution in [-0.4, -0.2) is 18.4 Å². The highest BCUT2D eigenvalue weighted by atomic mass is 35.5. The Labute approximate surface area is 134 Å². The Hall–Kier alpha value is -2.54. The number of rotatable bonds is 4. The fraction of sp³-hybridized carbons (Fsp3) is 0.0667. The number of benzene rings is 2. The summed E-state index contributed by atoms with van der Waals surface area (Å²) >= 11 is 5.56. The van der Waals surface area contributed by atoms with Gasteiger partial charge in [0.15, 0.2) is 11.6 Å². The lowest BCUT2D eigenvalue weighted by Gasteiger charge is -2.08. The molecule has 0 aromatic heterocycles. The molecule has 0 saturated heterocycles. The Bertz CT molecular complexity index is 768. The van der Waals surface area contributed by atoms with Gasteiger partial charge in [-0.3, -0.25) is 9.59 Å². The van der Waals surface area contributed by atoms with Crippen LogP contribution in [0.25, 0.3) is 0 Å². The van der Waals surface area contributed by atoms with Gasteiger partial charge in [-0.25, -0.2) is 13.2 Å². The van der Waals surface area contributed by atoms with Crippen LogP contribution in [-0.2, 0) is 4.79 Å². The van der Waals surface area contributed by atoms with Crippen molar-refractivity contribution < 1.29 is 22.8 Å². The van der Waals surface area contributed by atoms with Crippen molar-refractivity contribution in [1.82, 2.24) is 5.32 Å². The van der Waals surface area contributed by atoms with E-state index in [4.69, 9.17) is 11.6 Å². The quantitative estimate of drug-likeness (QED) is 0.897. The molecule has 8 heteroatoms. The maximum Gasteiger partial charge on any atom is 0.254 e. The maximum absolute atomic E-state index is 13.4. The summed E-state index contributed by atoms with van der Waals surface area (Å²) in [6.07, 6.45) is 0. The van der Waals surface area contributed by atoms with Gasteiger partial charge in [-0.1, -0.05) is 17.7 Å². The van der Waals surface area contributed by atoms with E-state index in [0.717, 1.165) is 18.2 Å². The van der Waals surface area contributed by atoms with Gasteiger partial charge in [-0.2, -0.15) is 0 Å². The summed E-state index contributed by atoms with van der Waals surface area (Å²) in [7, 11) is 0. The summed E-state index contributed by atoms with van der Waals surface area (Å²) in [6, 6.07) is 6.69. The van der Waals surface area contributed by atoms with E-state index in [1.165, 1.54) is 18.2 Å². The summed E-state index contributed by atoms with van der Waals surface area (Å²) in [5.41, 5.74) is -0.282. The zero-order chi connectivity index (χ0) is 17.0. The molecule has 2 aromatic rings. The van der Waals surface area contributed by atoms with Crippen LogP contribution in [0.4, 0.5) is 18.9 Å². The van der Waals surface area contributed by atoms with Crippen molar-refractivity contribution in [1.29, 1.82) is 0 Å². The second-order valence-electron chi connectivity index (χ2n) is 4.46. The van der Waals surface area contributed by atoms with Crippen molar-refractivity contribution in [3.8, 4) is 0 Å². The Morgan fingerprint density at radius 2 is 1.78 bits per heavy atom. The SMILES string of the molecule is O=C(CNC(=O)c1cccc(F)c1F)Nc1ccc(F)c(Cl)c1. The first kappa shape index (κ1) is 16.8. The van der Waals surface area contributed by atoms with Gasteiger partial charge in [-0.05, 0) is 30.3 Å². The summed E-state index contributed by atoms with van der Waals surface area (Å²) in [6.45, 7) is -0.482. The van der Waals surface area contributed by atoms with Gasteiger partial charge in [0.1, 0.15) is 5.82 Å². The van der Waals surface area contributed by atoms with Gasteiger partial charge in [-0.15, -0.1) is 0 Å². The smallest absolute Gasteiger partial charge is 0.254 e. The highest BCUT2D eigenvalue weighted by Gasteiger charge is 2.15. The monoisotopic (exact) mass is 342 g/mol. The highest BCUT2D eigenvalue weighted by molar-refractivity contribution is 6.31. The van der Waals surface area contributed by atoms with Gasteiger partial charge >= 0.3 is 0 Å². The lowest BCUT2D eigenvalue weighted by Crippen LogP contribution is -2.33. The molecule has 120 valence electrons. The van der Waals surface area contributed by atoms with Gasteiger partial charge < -0.3 is 10.6 Å². The first-order valence-electron chi connectivity index (χ1n) is 6.35. The van der Waals surface area contributed by atoms with Crippen LogP contribution in [0.3, 0.4) is 0 Å². The summed E-state index contributed by atoms with van der Waals surface area (Å²) in [4.78, 5) is 23.4. The first-order valence-corrected chi connectivity index (χ1v) is 6.73. The Kier molecular flexibility index (Phi) is 5.23. The van der Waals surface area contributed by atoms with Crippen molar-refractivity contribution >= 4 is 29.1 Å².